The van der Waals surface area contributed by atoms with Crippen LogP contribution in [0.4, 0.5) is 11.4 Å². The Balaban J connectivity index is 1.49. The van der Waals surface area contributed by atoms with Gasteiger partial charge in [-0.1, -0.05) is 18.2 Å². The summed E-state index contributed by atoms with van der Waals surface area (Å²) < 4.78 is 5.41. The van der Waals surface area contributed by atoms with E-state index >= 15 is 0 Å². The van der Waals surface area contributed by atoms with Gasteiger partial charge >= 0.3 is 5.97 Å². The van der Waals surface area contributed by atoms with Crippen molar-refractivity contribution in [2.24, 2.45) is 0 Å². The van der Waals surface area contributed by atoms with E-state index in [2.05, 4.69) is 5.32 Å². The number of ether oxygens (including phenoxy) is 1. The number of fused-ring (bicyclic) bond motifs is 2. The Morgan fingerprint density at radius 2 is 1.77 bits per heavy atom. The molecule has 1 aliphatic rings. The third-order valence-corrected chi connectivity index (χ3v) is 5.38. The molecular formula is C24H25N3O3. The quantitative estimate of drug-likeness (QED) is 0.653. The zero-order valence-corrected chi connectivity index (χ0v) is 17.3. The maximum atomic E-state index is 13.0. The van der Waals surface area contributed by atoms with E-state index in [9.17, 15) is 9.59 Å². The first kappa shape index (κ1) is 19.9. The Morgan fingerprint density at radius 1 is 1.03 bits per heavy atom. The molecule has 0 unspecified atom stereocenters. The number of para-hydroxylation sites is 1. The molecule has 4 rings (SSSR count). The first-order valence-corrected chi connectivity index (χ1v) is 10.2. The second kappa shape index (κ2) is 8.53. The van der Waals surface area contributed by atoms with Crippen LogP contribution in [0.25, 0.3) is 10.9 Å². The van der Waals surface area contributed by atoms with Gasteiger partial charge in [0.15, 0.2) is 6.61 Å². The Bertz CT molecular complexity index is 1090. The molecule has 154 valence electrons. The first-order valence-electron chi connectivity index (χ1n) is 10.2. The average molecular weight is 403 g/mol. The number of nitrogens with zero attached hydrogens (tertiary/aromatic N) is 2. The van der Waals surface area contributed by atoms with Gasteiger partial charge in [0.1, 0.15) is 0 Å². The number of rotatable bonds is 5. The number of nitrogens with one attached hydrogen (secondary N) is 1. The summed E-state index contributed by atoms with van der Waals surface area (Å²) in [6.45, 7) is -0.334. The maximum absolute atomic E-state index is 13.0. The van der Waals surface area contributed by atoms with Gasteiger partial charge in [-0.25, -0.2) is 4.79 Å². The van der Waals surface area contributed by atoms with Crippen molar-refractivity contribution >= 4 is 34.2 Å². The number of hydrogen-bond acceptors (Lipinski definition) is 5. The molecule has 6 heteroatoms. The van der Waals surface area contributed by atoms with E-state index in [-0.39, 0.29) is 12.5 Å². The fourth-order valence-electron chi connectivity index (χ4n) is 3.85. The van der Waals surface area contributed by atoms with Crippen LogP contribution >= 0.6 is 0 Å². The monoisotopic (exact) mass is 403 g/mol. The van der Waals surface area contributed by atoms with Crippen molar-refractivity contribution in [1.29, 1.82) is 0 Å². The molecule has 1 aromatic heterocycles. The van der Waals surface area contributed by atoms with Crippen molar-refractivity contribution in [3.63, 3.8) is 0 Å². The van der Waals surface area contributed by atoms with Crippen LogP contribution in [0.5, 0.6) is 0 Å². The molecule has 1 N–H and O–H groups in total. The lowest BCUT2D eigenvalue weighted by Crippen LogP contribution is -2.22. The number of benzene rings is 2. The lowest BCUT2D eigenvalue weighted by molar-refractivity contribution is -0.119. The largest absolute Gasteiger partial charge is 0.452 e. The van der Waals surface area contributed by atoms with Crippen LogP contribution in [0, 0.1) is 0 Å². The summed E-state index contributed by atoms with van der Waals surface area (Å²) in [5.74, 6) is -0.835. The molecule has 0 saturated carbocycles. The van der Waals surface area contributed by atoms with Crippen LogP contribution in [0.3, 0.4) is 0 Å². The zero-order valence-electron chi connectivity index (χ0n) is 17.3. The molecular weight excluding hydrogens is 378 g/mol. The normalized spacial score (nSPS) is 12.9. The van der Waals surface area contributed by atoms with Crippen molar-refractivity contribution < 1.29 is 14.3 Å². The minimum atomic E-state index is -0.468. The number of anilines is 2. The highest BCUT2D eigenvalue weighted by molar-refractivity contribution is 6.06. The van der Waals surface area contributed by atoms with Crippen LogP contribution < -0.4 is 10.2 Å². The number of aryl methyl sites for hydroxylation is 1. The Labute approximate surface area is 175 Å². The summed E-state index contributed by atoms with van der Waals surface area (Å²) in [5.41, 5.74) is 4.97. The van der Waals surface area contributed by atoms with E-state index in [0.717, 1.165) is 53.5 Å². The molecule has 0 aliphatic heterocycles. The topological polar surface area (TPSA) is 71.5 Å². The Hall–Kier alpha value is -3.41. The lowest BCUT2D eigenvalue weighted by atomic mass is 9.90. The van der Waals surface area contributed by atoms with E-state index in [1.54, 1.807) is 0 Å². The van der Waals surface area contributed by atoms with E-state index in [4.69, 9.17) is 9.72 Å². The molecule has 0 radical (unpaired) electrons. The molecule has 3 aromatic rings. The van der Waals surface area contributed by atoms with Gasteiger partial charge in [-0.05, 0) is 61.6 Å². The molecule has 0 spiro atoms. The summed E-state index contributed by atoms with van der Waals surface area (Å²) in [4.78, 5) is 32.0. The van der Waals surface area contributed by atoms with Crippen LogP contribution in [0.15, 0.2) is 48.5 Å². The maximum Gasteiger partial charge on any atom is 0.339 e. The van der Waals surface area contributed by atoms with Crippen molar-refractivity contribution in [3.05, 3.63) is 65.4 Å². The summed E-state index contributed by atoms with van der Waals surface area (Å²) in [6.07, 6.45) is 3.77. The summed E-state index contributed by atoms with van der Waals surface area (Å²) in [6, 6.07) is 15.1. The summed E-state index contributed by atoms with van der Waals surface area (Å²) in [7, 11) is 3.91. The number of carbonyl (C=O) groups excluding carboxylic acids is 2. The van der Waals surface area contributed by atoms with Crippen molar-refractivity contribution in [2.75, 3.05) is 30.9 Å². The third kappa shape index (κ3) is 4.13. The molecule has 30 heavy (non-hydrogen) atoms. The number of esters is 1. The van der Waals surface area contributed by atoms with Crippen LogP contribution in [0.2, 0.25) is 0 Å². The molecule has 2 aromatic carbocycles. The molecule has 6 nitrogen and oxygen atoms in total. The highest BCUT2D eigenvalue weighted by Gasteiger charge is 2.24. The SMILES string of the molecule is CN(C)c1ccc(NC(=O)COC(=O)c2c3c(nc4ccccc24)CCCC3)cc1. The van der Waals surface area contributed by atoms with Gasteiger partial charge < -0.3 is 15.0 Å². The van der Waals surface area contributed by atoms with Crippen molar-refractivity contribution in [1.82, 2.24) is 4.98 Å². The standard InChI is InChI=1S/C24H25N3O3/c1-27(2)17-13-11-16(12-14-17)25-22(28)15-30-24(29)23-18-7-3-5-9-20(18)26-21-10-6-4-8-19(21)23/h3,5,7,9,11-14H,4,6,8,10,15H2,1-2H3,(H,25,28). The smallest absolute Gasteiger partial charge is 0.339 e. The molecule has 0 bridgehead atoms. The van der Waals surface area contributed by atoms with Gasteiger partial charge in [0.2, 0.25) is 0 Å². The molecule has 1 heterocycles. The van der Waals surface area contributed by atoms with Gasteiger partial charge in [-0.2, -0.15) is 0 Å². The van der Waals surface area contributed by atoms with Crippen LogP contribution in [-0.2, 0) is 22.4 Å². The fourth-order valence-corrected chi connectivity index (χ4v) is 3.85. The number of amides is 1. The van der Waals surface area contributed by atoms with E-state index in [0.29, 0.717) is 11.3 Å². The minimum Gasteiger partial charge on any atom is -0.452 e. The van der Waals surface area contributed by atoms with Crippen LogP contribution in [0.1, 0.15) is 34.5 Å². The fraction of sp³-hybridized carbons (Fsp3) is 0.292. The lowest BCUT2D eigenvalue weighted by Gasteiger charge is -2.20. The van der Waals surface area contributed by atoms with Gasteiger partial charge in [-0.3, -0.25) is 9.78 Å². The van der Waals surface area contributed by atoms with Crippen molar-refractivity contribution in [2.45, 2.75) is 25.7 Å². The predicted molar refractivity (Wildman–Crippen MR) is 118 cm³/mol. The van der Waals surface area contributed by atoms with Crippen molar-refractivity contribution in [3.8, 4) is 0 Å². The van der Waals surface area contributed by atoms with E-state index in [1.165, 1.54) is 0 Å². The molecule has 0 atom stereocenters. The zero-order chi connectivity index (χ0) is 21.1. The van der Waals surface area contributed by atoms with Gasteiger partial charge in [0.25, 0.3) is 5.91 Å². The molecule has 0 fully saturated rings. The Morgan fingerprint density at radius 3 is 2.53 bits per heavy atom. The predicted octanol–water partition coefficient (Wildman–Crippen LogP) is 3.98. The number of pyridine rings is 1. The minimum absolute atomic E-state index is 0.334. The third-order valence-electron chi connectivity index (χ3n) is 5.38. The second-order valence-corrected chi connectivity index (χ2v) is 7.70. The second-order valence-electron chi connectivity index (χ2n) is 7.70. The first-order chi connectivity index (χ1) is 14.5. The number of hydrogen-bond donors (Lipinski definition) is 1. The molecule has 0 saturated heterocycles. The molecule has 1 amide bonds. The van der Waals surface area contributed by atoms with Gasteiger partial charge in [0, 0.05) is 36.6 Å². The van der Waals surface area contributed by atoms with Crippen LogP contribution in [-0.4, -0.2) is 37.6 Å². The Kier molecular flexibility index (Phi) is 5.65. The van der Waals surface area contributed by atoms with Gasteiger partial charge in [-0.15, -0.1) is 0 Å². The number of carbonyl (C=O) groups is 2. The van der Waals surface area contributed by atoms with Gasteiger partial charge in [0.05, 0.1) is 11.1 Å². The highest BCUT2D eigenvalue weighted by Crippen LogP contribution is 2.29. The average Bonchev–Trinajstić information content (AvgIpc) is 2.76. The van der Waals surface area contributed by atoms with E-state index in [1.807, 2.05) is 67.5 Å². The van der Waals surface area contributed by atoms with E-state index < -0.39 is 5.97 Å². The molecule has 1 aliphatic carbocycles. The highest BCUT2D eigenvalue weighted by atomic mass is 16.5. The number of aromatic nitrogens is 1. The summed E-state index contributed by atoms with van der Waals surface area (Å²) >= 11 is 0. The summed E-state index contributed by atoms with van der Waals surface area (Å²) in [5, 5.41) is 3.55.